The lowest BCUT2D eigenvalue weighted by atomic mass is 9.95. The number of aliphatic carboxylic acids is 1. The number of hydrogen-bond donors (Lipinski definition) is 3. The van der Waals surface area contributed by atoms with Crippen LogP contribution in [0.5, 0.6) is 0 Å². The lowest BCUT2D eigenvalue weighted by Crippen LogP contribution is -2.50. The minimum atomic E-state index is -1.38. The number of ether oxygens (including phenoxy) is 1. The number of anilines is 2. The summed E-state index contributed by atoms with van der Waals surface area (Å²) < 4.78 is 20.9. The summed E-state index contributed by atoms with van der Waals surface area (Å²) in [5.41, 5.74) is 1.08. The van der Waals surface area contributed by atoms with Crippen LogP contribution < -0.4 is 9.80 Å². The summed E-state index contributed by atoms with van der Waals surface area (Å²) in [5.74, 6) is -1.36. The summed E-state index contributed by atoms with van der Waals surface area (Å²) in [6, 6.07) is 2.94. The van der Waals surface area contributed by atoms with Crippen molar-refractivity contribution in [1.82, 2.24) is 19.9 Å². The van der Waals surface area contributed by atoms with Gasteiger partial charge in [0.2, 0.25) is 5.56 Å². The third-order valence-corrected chi connectivity index (χ3v) is 6.78. The number of aromatic nitrogens is 2. The molecule has 2 N–H and O–H groups in total. The highest BCUT2D eigenvalue weighted by Gasteiger charge is 2.33. The van der Waals surface area contributed by atoms with Crippen molar-refractivity contribution in [3.63, 3.8) is 0 Å². The van der Waals surface area contributed by atoms with Crippen LogP contribution in [0.1, 0.15) is 24.3 Å². The Balaban J connectivity index is 1.27. The molecule has 36 heavy (non-hydrogen) atoms. The van der Waals surface area contributed by atoms with Gasteiger partial charge >= 0.3 is 5.97 Å². The number of rotatable bonds is 6. The maximum atomic E-state index is 15.2. The third kappa shape index (κ3) is 4.56. The number of thiol groups is 1. The van der Waals surface area contributed by atoms with E-state index in [9.17, 15) is 15.0 Å². The molecule has 1 aromatic carbocycles. The van der Waals surface area contributed by atoms with Crippen LogP contribution in [0.3, 0.4) is 0 Å². The van der Waals surface area contributed by atoms with Crippen molar-refractivity contribution < 1.29 is 24.1 Å². The van der Waals surface area contributed by atoms with E-state index in [4.69, 9.17) is 4.74 Å². The number of benzene rings is 1. The summed E-state index contributed by atoms with van der Waals surface area (Å²) in [5, 5.41) is 26.1. The van der Waals surface area contributed by atoms with Crippen LogP contribution in [0.4, 0.5) is 15.8 Å². The van der Waals surface area contributed by atoms with Crippen molar-refractivity contribution in [3.8, 4) is 0 Å². The summed E-state index contributed by atoms with van der Waals surface area (Å²) in [7, 11) is 0. The van der Waals surface area contributed by atoms with Gasteiger partial charge in [-0.25, -0.2) is 19.2 Å². The lowest BCUT2D eigenvalue weighted by Gasteiger charge is -2.38. The van der Waals surface area contributed by atoms with Crippen molar-refractivity contribution in [2.24, 2.45) is 5.10 Å². The summed E-state index contributed by atoms with van der Waals surface area (Å²) in [4.78, 5) is 25.6. The van der Waals surface area contributed by atoms with Crippen LogP contribution in [0.15, 0.2) is 47.6 Å². The Kier molecular flexibility index (Phi) is 6.69. The molecule has 11 nitrogen and oxygen atoms in total. The number of hydrogen-bond acceptors (Lipinski definition) is 11. The predicted molar refractivity (Wildman–Crippen MR) is 133 cm³/mol. The molecule has 0 aliphatic carbocycles. The zero-order chi connectivity index (χ0) is 25.4. The Hall–Kier alpha value is -3.42. The summed E-state index contributed by atoms with van der Waals surface area (Å²) in [6.07, 6.45) is 4.75. The first-order valence-electron chi connectivity index (χ1n) is 11.5. The van der Waals surface area contributed by atoms with Crippen LogP contribution >= 0.6 is 12.6 Å². The Morgan fingerprint density at radius 2 is 2.00 bits per heavy atom. The first-order valence-corrected chi connectivity index (χ1v) is 12.0. The van der Waals surface area contributed by atoms with E-state index in [1.807, 2.05) is 11.8 Å². The zero-order valence-electron chi connectivity index (χ0n) is 19.5. The predicted octanol–water partition coefficient (Wildman–Crippen LogP) is 1.44. The molecule has 190 valence electrons. The largest absolute Gasteiger partial charge is 0.478 e. The van der Waals surface area contributed by atoms with Crippen LogP contribution in [0.2, 0.25) is 0 Å². The van der Waals surface area contributed by atoms with Gasteiger partial charge in [-0.1, -0.05) is 0 Å². The molecular weight excluding hydrogens is 489 g/mol. The number of carboxylic acids is 1. The molecule has 2 aromatic rings. The Morgan fingerprint density at radius 3 is 2.67 bits per heavy atom. The van der Waals surface area contributed by atoms with Crippen molar-refractivity contribution >= 4 is 35.9 Å². The number of aliphatic hydroxyl groups is 1. The smallest absolute Gasteiger partial charge is 0.336 e. The van der Waals surface area contributed by atoms with E-state index in [1.165, 1.54) is 12.3 Å². The van der Waals surface area contributed by atoms with Crippen LogP contribution in [-0.2, 0) is 9.53 Å². The molecule has 1 fully saturated rings. The van der Waals surface area contributed by atoms with Crippen molar-refractivity contribution in [2.45, 2.75) is 18.6 Å². The zero-order valence-corrected chi connectivity index (χ0v) is 20.4. The minimum Gasteiger partial charge on any atom is -0.478 e. The van der Waals surface area contributed by atoms with Gasteiger partial charge in [-0.15, -0.1) is 17.7 Å². The average molecular weight is 516 g/mol. The van der Waals surface area contributed by atoms with Crippen LogP contribution in [0.25, 0.3) is 0 Å². The molecular formula is C23H26FN7O4S. The molecule has 0 radical (unpaired) electrons. The molecule has 4 heterocycles. The second-order valence-corrected chi connectivity index (χ2v) is 9.01. The first-order chi connectivity index (χ1) is 17.4. The lowest BCUT2D eigenvalue weighted by molar-refractivity contribution is -0.133. The molecule has 0 amide bonds. The number of aliphatic hydroxyl groups excluding tert-OH is 1. The second-order valence-electron chi connectivity index (χ2n) is 8.57. The molecule has 1 aromatic heterocycles. The van der Waals surface area contributed by atoms with Crippen LogP contribution in [-0.4, -0.2) is 86.9 Å². The molecule has 13 heteroatoms. The number of hydrazone groups is 1. The van der Waals surface area contributed by atoms with E-state index in [1.54, 1.807) is 34.6 Å². The van der Waals surface area contributed by atoms with Crippen LogP contribution in [0, 0.1) is 5.82 Å². The van der Waals surface area contributed by atoms with Gasteiger partial charge in [-0.2, -0.15) is 0 Å². The van der Waals surface area contributed by atoms with E-state index >= 15 is 4.39 Å². The van der Waals surface area contributed by atoms with E-state index in [0.717, 1.165) is 0 Å². The highest BCUT2D eigenvalue weighted by atomic mass is 32.1. The molecule has 3 aliphatic rings. The van der Waals surface area contributed by atoms with Gasteiger partial charge in [0.1, 0.15) is 17.6 Å². The molecule has 0 spiro atoms. The SMILES string of the molecule is CCN1C=C(C(=O)O)C(O)c2cc(F)c(N3CCN(CN4N=C(c5cnccn5)OC4S)CC3)cc21. The standard InChI is InChI=1S/C23H26FN7O4S/c1-2-29-12-15(22(33)34)20(32)14-9-16(24)19(10-18(14)29)30-7-5-28(6-8-30)13-31-23(36)35-21(27-31)17-11-25-3-4-26-17/h3-4,9-12,20,23,32,36H,2,5-8,13H2,1H3,(H,33,34). The molecule has 0 bridgehead atoms. The fourth-order valence-electron chi connectivity index (χ4n) is 4.49. The normalized spacial score (nSPS) is 22.2. The van der Waals surface area contributed by atoms with Gasteiger partial charge in [0, 0.05) is 62.6 Å². The fraction of sp³-hybridized carbons (Fsp3) is 0.391. The Bertz CT molecular complexity index is 1210. The van der Waals surface area contributed by atoms with Gasteiger partial charge in [-0.3, -0.25) is 9.88 Å². The monoisotopic (exact) mass is 515 g/mol. The number of carboxylic acid groups (broad SMARTS) is 1. The Labute approximate surface area is 212 Å². The molecule has 3 aliphatic heterocycles. The molecule has 2 atom stereocenters. The van der Waals surface area contributed by atoms with Crippen molar-refractivity contribution in [3.05, 3.63) is 59.6 Å². The highest BCUT2D eigenvalue weighted by Crippen LogP contribution is 2.40. The molecule has 1 saturated heterocycles. The van der Waals surface area contributed by atoms with E-state index in [-0.39, 0.29) is 11.1 Å². The van der Waals surface area contributed by atoms with Crippen molar-refractivity contribution in [1.29, 1.82) is 0 Å². The highest BCUT2D eigenvalue weighted by molar-refractivity contribution is 7.80. The summed E-state index contributed by atoms with van der Waals surface area (Å²) >= 11 is 4.46. The van der Waals surface area contributed by atoms with Gasteiger partial charge in [0.15, 0.2) is 0 Å². The number of fused-ring (bicyclic) bond motifs is 1. The second kappa shape index (κ2) is 9.91. The maximum absolute atomic E-state index is 15.2. The van der Waals surface area contributed by atoms with E-state index in [0.29, 0.717) is 62.4 Å². The minimum absolute atomic E-state index is 0.177. The number of piperazine rings is 1. The van der Waals surface area contributed by atoms with E-state index < -0.39 is 23.5 Å². The number of carbonyl (C=O) groups is 1. The molecule has 0 saturated carbocycles. The van der Waals surface area contributed by atoms with Gasteiger partial charge in [0.05, 0.1) is 24.1 Å². The van der Waals surface area contributed by atoms with Gasteiger partial charge in [-0.05, 0) is 19.1 Å². The topological polar surface area (TPSA) is 118 Å². The maximum Gasteiger partial charge on any atom is 0.336 e. The number of halogens is 1. The number of nitrogens with zero attached hydrogens (tertiary/aromatic N) is 7. The van der Waals surface area contributed by atoms with E-state index in [2.05, 4.69) is 32.6 Å². The third-order valence-electron chi connectivity index (χ3n) is 6.41. The quantitative estimate of drug-likeness (QED) is 0.488. The Morgan fingerprint density at radius 1 is 1.22 bits per heavy atom. The average Bonchev–Trinajstić information content (AvgIpc) is 3.25. The molecule has 5 rings (SSSR count). The molecule has 2 unspecified atom stereocenters. The van der Waals surface area contributed by atoms with Gasteiger partial charge in [0.25, 0.3) is 5.90 Å². The summed E-state index contributed by atoms with van der Waals surface area (Å²) in [6.45, 7) is 5.31. The first kappa shape index (κ1) is 24.3. The van der Waals surface area contributed by atoms with Gasteiger partial charge < -0.3 is 24.7 Å². The fourth-order valence-corrected chi connectivity index (χ4v) is 4.72. The van der Waals surface area contributed by atoms with Crippen molar-refractivity contribution in [2.75, 3.05) is 49.2 Å².